The quantitative estimate of drug-likeness (QED) is 0.723. The van der Waals surface area contributed by atoms with E-state index in [1.807, 2.05) is 36.5 Å². The number of hydrogen-bond donors (Lipinski definition) is 0. The van der Waals surface area contributed by atoms with Crippen LogP contribution in [0, 0.1) is 5.82 Å². The van der Waals surface area contributed by atoms with E-state index >= 15 is 0 Å². The lowest BCUT2D eigenvalue weighted by Gasteiger charge is -2.28. The van der Waals surface area contributed by atoms with Crippen LogP contribution < -0.4 is 4.74 Å². The van der Waals surface area contributed by atoms with E-state index < -0.39 is 0 Å². The lowest BCUT2D eigenvalue weighted by atomic mass is 10.1. The molecule has 1 aromatic carbocycles. The van der Waals surface area contributed by atoms with Gasteiger partial charge in [-0.2, -0.15) is 0 Å². The first-order valence-electron chi connectivity index (χ1n) is 8.54. The molecule has 3 heterocycles. The summed E-state index contributed by atoms with van der Waals surface area (Å²) >= 11 is 0. The molecule has 0 radical (unpaired) electrons. The van der Waals surface area contributed by atoms with Gasteiger partial charge in [0.15, 0.2) is 5.82 Å². The van der Waals surface area contributed by atoms with Gasteiger partial charge in [0, 0.05) is 48.9 Å². The first-order valence-corrected chi connectivity index (χ1v) is 8.54. The van der Waals surface area contributed by atoms with Crippen molar-refractivity contribution in [1.29, 1.82) is 0 Å². The Bertz CT molecular complexity index is 917. The highest BCUT2D eigenvalue weighted by atomic mass is 19.1. The Balaban J connectivity index is 1.53. The Kier molecular flexibility index (Phi) is 4.58. The summed E-state index contributed by atoms with van der Waals surface area (Å²) < 4.78 is 18.8. The number of pyridine rings is 1. The van der Waals surface area contributed by atoms with Crippen molar-refractivity contribution in [3.8, 4) is 17.3 Å². The predicted molar refractivity (Wildman–Crippen MR) is 96.0 cm³/mol. The summed E-state index contributed by atoms with van der Waals surface area (Å²) in [5.41, 5.74) is 3.96. The second-order valence-electron chi connectivity index (χ2n) is 6.31. The van der Waals surface area contributed by atoms with E-state index in [4.69, 9.17) is 9.72 Å². The summed E-state index contributed by atoms with van der Waals surface area (Å²) in [7, 11) is 1.55. The highest BCUT2D eigenvalue weighted by Gasteiger charge is 2.20. The molecular weight excluding hydrogens is 331 g/mol. The third kappa shape index (κ3) is 3.41. The minimum Gasteiger partial charge on any atom is -0.481 e. The highest BCUT2D eigenvalue weighted by molar-refractivity contribution is 5.54. The molecule has 6 heteroatoms. The molecule has 0 aliphatic carbocycles. The molecule has 1 aliphatic heterocycles. The van der Waals surface area contributed by atoms with Crippen molar-refractivity contribution in [3.05, 3.63) is 71.4 Å². The number of halogens is 1. The van der Waals surface area contributed by atoms with E-state index in [1.54, 1.807) is 7.11 Å². The molecule has 0 bridgehead atoms. The maximum absolute atomic E-state index is 13.5. The third-order valence-corrected chi connectivity index (χ3v) is 4.52. The molecule has 26 heavy (non-hydrogen) atoms. The molecule has 0 atom stereocenters. The van der Waals surface area contributed by atoms with Gasteiger partial charge in [0.2, 0.25) is 5.88 Å². The average molecular weight is 350 g/mol. The number of methoxy groups -OCH3 is 1. The zero-order chi connectivity index (χ0) is 17.9. The van der Waals surface area contributed by atoms with Crippen LogP contribution in [0.1, 0.15) is 16.8 Å². The van der Waals surface area contributed by atoms with Crippen molar-refractivity contribution in [2.75, 3.05) is 13.7 Å². The van der Waals surface area contributed by atoms with E-state index in [9.17, 15) is 4.39 Å². The fourth-order valence-corrected chi connectivity index (χ4v) is 3.24. The standard InChI is InChI=1S/C20H19FN4O/c1-26-20-15(9-17(21)11-23-20)12-25-8-7-18-16(13-25)10-22-19(24-18)14-5-3-2-4-6-14/h2-6,9-11H,7-8,12-13H2,1H3. The molecule has 0 saturated heterocycles. The van der Waals surface area contributed by atoms with Crippen LogP contribution >= 0.6 is 0 Å². The molecule has 4 rings (SSSR count). The Morgan fingerprint density at radius 3 is 2.81 bits per heavy atom. The molecule has 0 fully saturated rings. The average Bonchev–Trinajstić information content (AvgIpc) is 2.68. The molecule has 3 aromatic rings. The van der Waals surface area contributed by atoms with Crippen LogP contribution in [-0.4, -0.2) is 33.5 Å². The zero-order valence-electron chi connectivity index (χ0n) is 14.5. The molecule has 132 valence electrons. The van der Waals surface area contributed by atoms with Crippen molar-refractivity contribution in [2.24, 2.45) is 0 Å². The summed E-state index contributed by atoms with van der Waals surface area (Å²) in [6.45, 7) is 2.15. The second-order valence-corrected chi connectivity index (χ2v) is 6.31. The maximum atomic E-state index is 13.5. The van der Waals surface area contributed by atoms with Gasteiger partial charge in [0.25, 0.3) is 0 Å². The van der Waals surface area contributed by atoms with E-state index in [1.165, 1.54) is 12.3 Å². The topological polar surface area (TPSA) is 51.1 Å². The predicted octanol–water partition coefficient (Wildman–Crippen LogP) is 3.24. The number of hydrogen-bond acceptors (Lipinski definition) is 5. The van der Waals surface area contributed by atoms with Gasteiger partial charge in [-0.15, -0.1) is 0 Å². The van der Waals surface area contributed by atoms with Crippen molar-refractivity contribution >= 4 is 0 Å². The molecule has 0 amide bonds. The summed E-state index contributed by atoms with van der Waals surface area (Å²) in [5, 5.41) is 0. The summed E-state index contributed by atoms with van der Waals surface area (Å²) in [6, 6.07) is 11.5. The number of nitrogens with zero attached hydrogens (tertiary/aromatic N) is 4. The summed E-state index contributed by atoms with van der Waals surface area (Å²) in [4.78, 5) is 15.5. The van der Waals surface area contributed by atoms with Crippen LogP contribution in [0.2, 0.25) is 0 Å². The van der Waals surface area contributed by atoms with Gasteiger partial charge in [-0.05, 0) is 6.07 Å². The number of benzene rings is 1. The molecule has 1 aliphatic rings. The highest BCUT2D eigenvalue weighted by Crippen LogP contribution is 2.24. The van der Waals surface area contributed by atoms with E-state index in [2.05, 4.69) is 14.9 Å². The van der Waals surface area contributed by atoms with Crippen LogP contribution in [-0.2, 0) is 19.5 Å². The lowest BCUT2D eigenvalue weighted by Crippen LogP contribution is -2.31. The first-order chi connectivity index (χ1) is 12.7. The van der Waals surface area contributed by atoms with Gasteiger partial charge in [0.1, 0.15) is 5.82 Å². The maximum Gasteiger partial charge on any atom is 0.217 e. The van der Waals surface area contributed by atoms with E-state index in [0.717, 1.165) is 47.7 Å². The number of rotatable bonds is 4. The van der Waals surface area contributed by atoms with E-state index in [-0.39, 0.29) is 5.82 Å². The van der Waals surface area contributed by atoms with Crippen molar-refractivity contribution < 1.29 is 9.13 Å². The van der Waals surface area contributed by atoms with Crippen molar-refractivity contribution in [1.82, 2.24) is 19.9 Å². The second kappa shape index (κ2) is 7.17. The summed E-state index contributed by atoms with van der Waals surface area (Å²) in [6.07, 6.45) is 3.91. The van der Waals surface area contributed by atoms with Crippen LogP contribution in [0.3, 0.4) is 0 Å². The monoisotopic (exact) mass is 350 g/mol. The van der Waals surface area contributed by atoms with Gasteiger partial charge in [-0.25, -0.2) is 19.3 Å². The van der Waals surface area contributed by atoms with Crippen LogP contribution in [0.25, 0.3) is 11.4 Å². The first kappa shape index (κ1) is 16.6. The summed E-state index contributed by atoms with van der Waals surface area (Å²) in [5.74, 6) is 0.871. The smallest absolute Gasteiger partial charge is 0.217 e. The normalized spacial score (nSPS) is 14.1. The van der Waals surface area contributed by atoms with Gasteiger partial charge in [-0.1, -0.05) is 30.3 Å². The molecule has 0 N–H and O–H groups in total. The van der Waals surface area contributed by atoms with Crippen LogP contribution in [0.5, 0.6) is 5.88 Å². The minimum absolute atomic E-state index is 0.353. The molecule has 0 unspecified atom stereocenters. The SMILES string of the molecule is COc1ncc(F)cc1CN1CCc2nc(-c3ccccc3)ncc2C1. The Labute approximate surface area is 151 Å². The largest absolute Gasteiger partial charge is 0.481 e. The number of fused-ring (bicyclic) bond motifs is 1. The molecular formula is C20H19FN4O. The van der Waals surface area contributed by atoms with E-state index in [0.29, 0.717) is 12.4 Å². The van der Waals surface area contributed by atoms with Gasteiger partial charge >= 0.3 is 0 Å². The van der Waals surface area contributed by atoms with Gasteiger partial charge < -0.3 is 4.74 Å². The number of ether oxygens (including phenoxy) is 1. The molecule has 5 nitrogen and oxygen atoms in total. The minimum atomic E-state index is -0.353. The Morgan fingerprint density at radius 1 is 1.15 bits per heavy atom. The van der Waals surface area contributed by atoms with Gasteiger partial charge in [-0.3, -0.25) is 4.90 Å². The zero-order valence-corrected chi connectivity index (χ0v) is 14.5. The third-order valence-electron chi connectivity index (χ3n) is 4.52. The van der Waals surface area contributed by atoms with Crippen LogP contribution in [0.4, 0.5) is 4.39 Å². The Hall–Kier alpha value is -2.86. The molecule has 0 saturated carbocycles. The lowest BCUT2D eigenvalue weighted by molar-refractivity contribution is 0.237. The van der Waals surface area contributed by atoms with Crippen molar-refractivity contribution in [3.63, 3.8) is 0 Å². The Morgan fingerprint density at radius 2 is 2.00 bits per heavy atom. The number of aromatic nitrogens is 3. The fourth-order valence-electron chi connectivity index (χ4n) is 3.24. The van der Waals surface area contributed by atoms with Crippen molar-refractivity contribution in [2.45, 2.75) is 19.5 Å². The fraction of sp³-hybridized carbons (Fsp3) is 0.250. The molecule has 0 spiro atoms. The molecule has 2 aromatic heterocycles. The van der Waals surface area contributed by atoms with Crippen LogP contribution in [0.15, 0.2) is 48.8 Å². The van der Waals surface area contributed by atoms with Gasteiger partial charge in [0.05, 0.1) is 19.0 Å².